The van der Waals surface area contributed by atoms with E-state index in [4.69, 9.17) is 9.47 Å². The SMILES string of the molecule is CCOc1ccc2c(c1)CC(C(=O)N1CCNCC1c1cccc(F)c1)CO2. The van der Waals surface area contributed by atoms with Crippen molar-refractivity contribution in [3.63, 3.8) is 0 Å². The number of carbonyl (C=O) groups excluding carboxylic acids is 1. The first-order valence-electron chi connectivity index (χ1n) is 9.81. The Morgan fingerprint density at radius 1 is 1.32 bits per heavy atom. The fourth-order valence-electron chi connectivity index (χ4n) is 4.00. The summed E-state index contributed by atoms with van der Waals surface area (Å²) in [5, 5.41) is 3.31. The Morgan fingerprint density at radius 2 is 2.21 bits per heavy atom. The summed E-state index contributed by atoms with van der Waals surface area (Å²) in [5.41, 5.74) is 1.81. The molecule has 1 amide bonds. The van der Waals surface area contributed by atoms with Crippen LogP contribution in [-0.4, -0.2) is 43.7 Å². The van der Waals surface area contributed by atoms with Crippen LogP contribution < -0.4 is 14.8 Å². The maximum absolute atomic E-state index is 13.7. The summed E-state index contributed by atoms with van der Waals surface area (Å²) in [7, 11) is 0. The van der Waals surface area contributed by atoms with Crippen LogP contribution in [0.3, 0.4) is 0 Å². The fraction of sp³-hybridized carbons (Fsp3) is 0.409. The van der Waals surface area contributed by atoms with Crippen molar-refractivity contribution in [1.29, 1.82) is 0 Å². The standard InChI is InChI=1S/C22H25FN2O3/c1-2-27-19-6-7-21-16(12-19)10-17(14-28-21)22(26)25-9-8-24-13-20(25)15-4-3-5-18(23)11-15/h3-7,11-12,17,20,24H,2,8-10,13-14H2,1H3. The van der Waals surface area contributed by atoms with E-state index < -0.39 is 0 Å². The maximum Gasteiger partial charge on any atom is 0.230 e. The molecule has 2 aromatic rings. The molecule has 0 radical (unpaired) electrons. The molecule has 2 unspecified atom stereocenters. The molecule has 0 aromatic heterocycles. The highest BCUT2D eigenvalue weighted by Gasteiger charge is 2.35. The van der Waals surface area contributed by atoms with Crippen LogP contribution in [-0.2, 0) is 11.2 Å². The van der Waals surface area contributed by atoms with E-state index >= 15 is 0 Å². The number of hydrogen-bond acceptors (Lipinski definition) is 4. The number of nitrogens with one attached hydrogen (secondary N) is 1. The van der Waals surface area contributed by atoms with Crippen LogP contribution in [0.2, 0.25) is 0 Å². The zero-order chi connectivity index (χ0) is 19.5. The van der Waals surface area contributed by atoms with Crippen LogP contribution >= 0.6 is 0 Å². The van der Waals surface area contributed by atoms with Gasteiger partial charge in [0.15, 0.2) is 0 Å². The van der Waals surface area contributed by atoms with Gasteiger partial charge in [-0.1, -0.05) is 12.1 Å². The predicted octanol–water partition coefficient (Wildman–Crippen LogP) is 2.95. The highest BCUT2D eigenvalue weighted by atomic mass is 19.1. The second-order valence-electron chi connectivity index (χ2n) is 7.22. The van der Waals surface area contributed by atoms with Crippen molar-refractivity contribution in [2.75, 3.05) is 32.8 Å². The Bertz CT molecular complexity index is 857. The zero-order valence-corrected chi connectivity index (χ0v) is 16.0. The lowest BCUT2D eigenvalue weighted by molar-refractivity contribution is -0.140. The normalized spacial score (nSPS) is 21.6. The summed E-state index contributed by atoms with van der Waals surface area (Å²) in [6.45, 7) is 4.85. The zero-order valence-electron chi connectivity index (χ0n) is 16.0. The molecule has 148 valence electrons. The number of carbonyl (C=O) groups is 1. The average Bonchev–Trinajstić information content (AvgIpc) is 2.73. The molecule has 1 N–H and O–H groups in total. The van der Waals surface area contributed by atoms with Crippen LogP contribution in [0.1, 0.15) is 24.1 Å². The van der Waals surface area contributed by atoms with Crippen LogP contribution in [0.5, 0.6) is 11.5 Å². The number of hydrogen-bond donors (Lipinski definition) is 1. The van der Waals surface area contributed by atoms with Crippen LogP contribution in [0.25, 0.3) is 0 Å². The van der Waals surface area contributed by atoms with E-state index in [-0.39, 0.29) is 23.7 Å². The minimum absolute atomic E-state index is 0.0585. The van der Waals surface area contributed by atoms with Gasteiger partial charge in [-0.3, -0.25) is 4.79 Å². The number of nitrogens with zero attached hydrogens (tertiary/aromatic N) is 1. The van der Waals surface area contributed by atoms with Crippen molar-refractivity contribution in [3.05, 3.63) is 59.4 Å². The first kappa shape index (κ1) is 18.7. The van der Waals surface area contributed by atoms with Gasteiger partial charge in [0, 0.05) is 19.6 Å². The van der Waals surface area contributed by atoms with Gasteiger partial charge in [0.25, 0.3) is 0 Å². The average molecular weight is 384 g/mol. The molecular formula is C22H25FN2O3. The highest BCUT2D eigenvalue weighted by molar-refractivity contribution is 5.80. The molecule has 0 aliphatic carbocycles. The van der Waals surface area contributed by atoms with Crippen molar-refractivity contribution in [3.8, 4) is 11.5 Å². The van der Waals surface area contributed by atoms with Crippen molar-refractivity contribution in [2.24, 2.45) is 5.92 Å². The maximum atomic E-state index is 13.7. The predicted molar refractivity (Wildman–Crippen MR) is 104 cm³/mol. The molecule has 2 heterocycles. The van der Waals surface area contributed by atoms with Crippen molar-refractivity contribution >= 4 is 5.91 Å². The largest absolute Gasteiger partial charge is 0.494 e. The molecule has 4 rings (SSSR count). The first-order chi connectivity index (χ1) is 13.7. The number of ether oxygens (including phenoxy) is 2. The van der Waals surface area contributed by atoms with Gasteiger partial charge in [-0.15, -0.1) is 0 Å². The molecule has 6 heteroatoms. The van der Waals surface area contributed by atoms with E-state index in [9.17, 15) is 9.18 Å². The molecule has 0 bridgehead atoms. The molecule has 2 atom stereocenters. The molecule has 2 aromatic carbocycles. The fourth-order valence-corrected chi connectivity index (χ4v) is 4.00. The minimum atomic E-state index is -0.283. The summed E-state index contributed by atoms with van der Waals surface area (Å²) in [6.07, 6.45) is 0.620. The van der Waals surface area contributed by atoms with E-state index in [1.807, 2.05) is 36.1 Å². The number of fused-ring (bicyclic) bond motifs is 1. The van der Waals surface area contributed by atoms with Gasteiger partial charge >= 0.3 is 0 Å². The molecule has 0 spiro atoms. The molecular weight excluding hydrogens is 359 g/mol. The monoisotopic (exact) mass is 384 g/mol. The van der Waals surface area contributed by atoms with Gasteiger partial charge in [-0.25, -0.2) is 4.39 Å². The van der Waals surface area contributed by atoms with E-state index in [1.54, 1.807) is 6.07 Å². The van der Waals surface area contributed by atoms with Gasteiger partial charge in [0.05, 0.1) is 18.6 Å². The lowest BCUT2D eigenvalue weighted by atomic mass is 9.93. The summed E-state index contributed by atoms with van der Waals surface area (Å²) in [4.78, 5) is 15.2. The van der Waals surface area contributed by atoms with Crippen LogP contribution in [0.4, 0.5) is 4.39 Å². The Kier molecular flexibility index (Phi) is 5.48. The molecule has 1 fully saturated rings. The third-order valence-electron chi connectivity index (χ3n) is 5.36. The first-order valence-corrected chi connectivity index (χ1v) is 9.81. The Hall–Kier alpha value is -2.60. The van der Waals surface area contributed by atoms with Crippen LogP contribution in [0, 0.1) is 11.7 Å². The minimum Gasteiger partial charge on any atom is -0.494 e. The van der Waals surface area contributed by atoms with Crippen molar-refractivity contribution < 1.29 is 18.7 Å². The summed E-state index contributed by atoms with van der Waals surface area (Å²) in [5.74, 6) is 1.13. The highest BCUT2D eigenvalue weighted by Crippen LogP contribution is 2.33. The Balaban J connectivity index is 1.53. The lowest BCUT2D eigenvalue weighted by Crippen LogP contribution is -2.51. The topological polar surface area (TPSA) is 50.8 Å². The van der Waals surface area contributed by atoms with Gasteiger partial charge < -0.3 is 19.7 Å². The number of benzene rings is 2. The summed E-state index contributed by atoms with van der Waals surface area (Å²) >= 11 is 0. The lowest BCUT2D eigenvalue weighted by Gasteiger charge is -2.39. The quantitative estimate of drug-likeness (QED) is 0.881. The van der Waals surface area contributed by atoms with E-state index in [1.165, 1.54) is 12.1 Å². The molecule has 0 saturated carbocycles. The van der Waals surface area contributed by atoms with Gasteiger partial charge in [0.1, 0.15) is 23.9 Å². The third kappa shape index (κ3) is 3.83. The van der Waals surface area contributed by atoms with Crippen LogP contribution in [0.15, 0.2) is 42.5 Å². The molecule has 2 aliphatic heterocycles. The Labute approximate surface area is 164 Å². The third-order valence-corrected chi connectivity index (χ3v) is 5.36. The summed E-state index contributed by atoms with van der Waals surface area (Å²) in [6, 6.07) is 12.1. The van der Waals surface area contributed by atoms with Crippen molar-refractivity contribution in [2.45, 2.75) is 19.4 Å². The van der Waals surface area contributed by atoms with Gasteiger partial charge in [0.2, 0.25) is 5.91 Å². The number of amides is 1. The smallest absolute Gasteiger partial charge is 0.230 e. The number of piperazine rings is 1. The second-order valence-corrected chi connectivity index (χ2v) is 7.22. The molecule has 5 nitrogen and oxygen atoms in total. The summed E-state index contributed by atoms with van der Waals surface area (Å²) < 4.78 is 25.2. The Morgan fingerprint density at radius 3 is 3.04 bits per heavy atom. The number of halogens is 1. The molecule has 2 aliphatic rings. The van der Waals surface area contributed by atoms with Gasteiger partial charge in [-0.05, 0) is 54.8 Å². The number of rotatable bonds is 4. The molecule has 28 heavy (non-hydrogen) atoms. The molecule has 1 saturated heterocycles. The van der Waals surface area contributed by atoms with E-state index in [0.717, 1.165) is 29.2 Å². The second kappa shape index (κ2) is 8.19. The van der Waals surface area contributed by atoms with E-state index in [2.05, 4.69) is 5.32 Å². The van der Waals surface area contributed by atoms with Crippen molar-refractivity contribution in [1.82, 2.24) is 10.2 Å². The van der Waals surface area contributed by atoms with E-state index in [0.29, 0.717) is 32.7 Å². The van der Waals surface area contributed by atoms with Gasteiger partial charge in [-0.2, -0.15) is 0 Å².